The molecule has 8 aromatic rings. The Morgan fingerprint density at radius 2 is 0.607 bits per heavy atom. The lowest BCUT2D eigenvalue weighted by Gasteiger charge is -2.25. The SMILES string of the molecule is COc1ccc(-c2c(-c3ccc(OC)cc3)c(-c3cc(OC)cc(OC)c3)c3c4ccccc4c(=O)c4ccccc4c3c2-c2cc(OC)cc(OC)c2)cc1. The Hall–Kier alpha value is -6.99. The molecule has 0 aliphatic carbocycles. The Balaban J connectivity index is 1.80. The fraction of sp³-hybridized carbons (Fsp3) is 0.122. The first-order chi connectivity index (χ1) is 27.4. The summed E-state index contributed by atoms with van der Waals surface area (Å²) in [6.45, 7) is 0. The third-order valence-corrected chi connectivity index (χ3v) is 10.4. The number of benzene rings is 7. The van der Waals surface area contributed by atoms with Crippen molar-refractivity contribution in [3.63, 3.8) is 0 Å². The molecule has 0 saturated carbocycles. The second kappa shape index (κ2) is 15.0. The van der Waals surface area contributed by atoms with Crippen LogP contribution in [-0.4, -0.2) is 42.7 Å². The van der Waals surface area contributed by atoms with Crippen molar-refractivity contribution in [1.82, 2.24) is 0 Å². The number of rotatable bonds is 10. The van der Waals surface area contributed by atoms with Gasteiger partial charge in [0.1, 0.15) is 34.5 Å². The summed E-state index contributed by atoms with van der Waals surface area (Å²) in [7, 11) is 9.92. The standard InChI is InChI=1S/C49H40O7/c1-51-33-19-15-29(16-20-33)43-44(30-17-21-34(52-2)22-18-30)46(32-25-37(55-5)28-38(26-32)56-6)48-40-12-8-10-14-42(40)49(50)41-13-9-7-11-39(41)47(48)45(43)31-23-35(53-3)27-36(24-31)54-4/h7-28H,1-6H3. The summed E-state index contributed by atoms with van der Waals surface area (Å²) >= 11 is 0. The lowest BCUT2D eigenvalue weighted by Crippen LogP contribution is -1.99. The molecule has 0 aliphatic heterocycles. The van der Waals surface area contributed by atoms with E-state index in [0.29, 0.717) is 33.8 Å². The van der Waals surface area contributed by atoms with Crippen LogP contribution in [0.15, 0.2) is 138 Å². The molecular weight excluding hydrogens is 701 g/mol. The molecule has 0 amide bonds. The molecule has 0 N–H and O–H groups in total. The molecule has 8 aromatic carbocycles. The summed E-state index contributed by atoms with van der Waals surface area (Å²) in [4.78, 5) is 14.8. The van der Waals surface area contributed by atoms with Gasteiger partial charge in [-0.1, -0.05) is 72.8 Å². The highest BCUT2D eigenvalue weighted by atomic mass is 16.5. The highest BCUT2D eigenvalue weighted by Gasteiger charge is 2.28. The quantitative estimate of drug-likeness (QED) is 0.138. The minimum atomic E-state index is -0.0623. The zero-order valence-corrected chi connectivity index (χ0v) is 32.1. The highest BCUT2D eigenvalue weighted by molar-refractivity contribution is 6.31. The Morgan fingerprint density at radius 1 is 0.304 bits per heavy atom. The van der Waals surface area contributed by atoms with Crippen molar-refractivity contribution in [2.24, 2.45) is 0 Å². The summed E-state index contributed by atoms with van der Waals surface area (Å²) in [6.07, 6.45) is 0. The van der Waals surface area contributed by atoms with E-state index < -0.39 is 0 Å². The van der Waals surface area contributed by atoms with E-state index in [1.54, 1.807) is 42.7 Å². The van der Waals surface area contributed by atoms with Crippen LogP contribution in [0.25, 0.3) is 76.8 Å². The predicted octanol–water partition coefficient (Wildman–Crippen LogP) is 11.2. The van der Waals surface area contributed by atoms with Gasteiger partial charge in [-0.25, -0.2) is 0 Å². The first-order valence-corrected chi connectivity index (χ1v) is 18.1. The minimum absolute atomic E-state index is 0.0623. The summed E-state index contributed by atoms with van der Waals surface area (Å²) in [5.74, 6) is 3.95. The molecule has 278 valence electrons. The van der Waals surface area contributed by atoms with E-state index in [0.717, 1.165) is 77.6 Å². The molecule has 7 nitrogen and oxygen atoms in total. The van der Waals surface area contributed by atoms with Crippen molar-refractivity contribution in [3.8, 4) is 79.0 Å². The smallest absolute Gasteiger partial charge is 0.194 e. The first-order valence-electron chi connectivity index (χ1n) is 18.1. The third-order valence-electron chi connectivity index (χ3n) is 10.4. The van der Waals surface area contributed by atoms with Gasteiger partial charge in [-0.3, -0.25) is 4.79 Å². The molecule has 56 heavy (non-hydrogen) atoms. The summed E-state index contributed by atoms with van der Waals surface area (Å²) in [5, 5.41) is 4.56. The number of hydrogen-bond donors (Lipinski definition) is 0. The molecule has 7 heteroatoms. The van der Waals surface area contributed by atoms with E-state index in [1.165, 1.54) is 0 Å². The zero-order valence-electron chi connectivity index (χ0n) is 32.1. The van der Waals surface area contributed by atoms with Crippen LogP contribution < -0.4 is 33.8 Å². The largest absolute Gasteiger partial charge is 0.497 e. The molecule has 0 radical (unpaired) electrons. The van der Waals surface area contributed by atoms with Gasteiger partial charge in [-0.15, -0.1) is 0 Å². The maximum atomic E-state index is 14.8. The Bertz CT molecular complexity index is 2590. The normalized spacial score (nSPS) is 11.1. The van der Waals surface area contributed by atoms with Gasteiger partial charge in [0.15, 0.2) is 5.43 Å². The molecule has 0 fully saturated rings. The van der Waals surface area contributed by atoms with Gasteiger partial charge in [0.05, 0.1) is 42.7 Å². The third kappa shape index (κ3) is 6.17. The average Bonchev–Trinajstić information content (AvgIpc) is 3.37. The zero-order chi connectivity index (χ0) is 38.9. The van der Waals surface area contributed by atoms with Gasteiger partial charge in [0.2, 0.25) is 0 Å². The van der Waals surface area contributed by atoms with E-state index in [-0.39, 0.29) is 5.43 Å². The Labute approximate surface area is 325 Å². The summed E-state index contributed by atoms with van der Waals surface area (Å²) in [6, 6.07) is 43.7. The van der Waals surface area contributed by atoms with Crippen LogP contribution in [0.4, 0.5) is 0 Å². The van der Waals surface area contributed by atoms with E-state index in [2.05, 4.69) is 24.3 Å². The molecule has 0 atom stereocenters. The number of hydrogen-bond acceptors (Lipinski definition) is 7. The van der Waals surface area contributed by atoms with Crippen LogP contribution in [0.1, 0.15) is 0 Å². The molecule has 0 bridgehead atoms. The average molecular weight is 741 g/mol. The van der Waals surface area contributed by atoms with Crippen molar-refractivity contribution < 1.29 is 28.4 Å². The van der Waals surface area contributed by atoms with Gasteiger partial charge in [-0.2, -0.15) is 0 Å². The van der Waals surface area contributed by atoms with E-state index in [9.17, 15) is 4.79 Å². The Kier molecular flexibility index (Phi) is 9.67. The molecular formula is C49H40O7. The first kappa shape index (κ1) is 36.0. The fourth-order valence-electron chi connectivity index (χ4n) is 7.81. The van der Waals surface area contributed by atoms with Crippen molar-refractivity contribution >= 4 is 32.3 Å². The van der Waals surface area contributed by atoms with Crippen molar-refractivity contribution in [3.05, 3.63) is 144 Å². The van der Waals surface area contributed by atoms with Crippen molar-refractivity contribution in [2.45, 2.75) is 0 Å². The van der Waals surface area contributed by atoms with Crippen LogP contribution in [-0.2, 0) is 0 Å². The molecule has 0 saturated heterocycles. The van der Waals surface area contributed by atoms with Crippen LogP contribution >= 0.6 is 0 Å². The highest BCUT2D eigenvalue weighted by Crippen LogP contribution is 2.54. The van der Waals surface area contributed by atoms with Gasteiger partial charge in [0.25, 0.3) is 0 Å². The molecule has 0 spiro atoms. The van der Waals surface area contributed by atoms with Crippen LogP contribution in [0.3, 0.4) is 0 Å². The summed E-state index contributed by atoms with van der Waals surface area (Å²) < 4.78 is 34.9. The fourth-order valence-corrected chi connectivity index (χ4v) is 7.81. The number of ether oxygens (including phenoxy) is 6. The predicted molar refractivity (Wildman–Crippen MR) is 226 cm³/mol. The maximum absolute atomic E-state index is 14.8. The molecule has 8 rings (SSSR count). The van der Waals surface area contributed by atoms with Gasteiger partial charge in [0, 0.05) is 22.9 Å². The van der Waals surface area contributed by atoms with Crippen molar-refractivity contribution in [1.29, 1.82) is 0 Å². The molecule has 0 aromatic heterocycles. The second-order valence-corrected chi connectivity index (χ2v) is 13.3. The monoisotopic (exact) mass is 740 g/mol. The molecule has 0 unspecified atom stereocenters. The van der Waals surface area contributed by atoms with Crippen LogP contribution in [0.5, 0.6) is 34.5 Å². The van der Waals surface area contributed by atoms with Gasteiger partial charge >= 0.3 is 0 Å². The van der Waals surface area contributed by atoms with E-state index in [1.807, 2.05) is 109 Å². The lowest BCUT2D eigenvalue weighted by atomic mass is 9.78. The Morgan fingerprint density at radius 3 is 0.911 bits per heavy atom. The summed E-state index contributed by atoms with van der Waals surface area (Å²) in [5.41, 5.74) is 7.10. The lowest BCUT2D eigenvalue weighted by molar-refractivity contribution is 0.394. The number of fused-ring (bicyclic) bond motifs is 5. The minimum Gasteiger partial charge on any atom is -0.497 e. The van der Waals surface area contributed by atoms with E-state index >= 15 is 0 Å². The van der Waals surface area contributed by atoms with Gasteiger partial charge < -0.3 is 28.4 Å². The van der Waals surface area contributed by atoms with Crippen LogP contribution in [0.2, 0.25) is 0 Å². The molecule has 0 heterocycles. The van der Waals surface area contributed by atoms with Gasteiger partial charge in [-0.05, 0) is 115 Å². The maximum Gasteiger partial charge on any atom is 0.194 e. The number of methoxy groups -OCH3 is 6. The molecule has 0 aliphatic rings. The van der Waals surface area contributed by atoms with Crippen LogP contribution in [0, 0.1) is 0 Å². The topological polar surface area (TPSA) is 72.5 Å². The van der Waals surface area contributed by atoms with E-state index in [4.69, 9.17) is 28.4 Å². The second-order valence-electron chi connectivity index (χ2n) is 13.3. The van der Waals surface area contributed by atoms with Crippen molar-refractivity contribution in [2.75, 3.05) is 42.7 Å².